The SMILES string of the molecule is CC(C)CC1(C2CCNC2)C(F)=CC=C(C(N)=O)C1Cl. The summed E-state index contributed by atoms with van der Waals surface area (Å²) in [5.41, 5.74) is 4.89. The molecule has 3 atom stereocenters. The van der Waals surface area contributed by atoms with E-state index in [0.717, 1.165) is 19.5 Å². The fourth-order valence-electron chi connectivity index (χ4n) is 3.55. The maximum absolute atomic E-state index is 14.8. The van der Waals surface area contributed by atoms with Crippen LogP contribution in [0.15, 0.2) is 23.6 Å². The van der Waals surface area contributed by atoms with Gasteiger partial charge in [-0.25, -0.2) is 4.39 Å². The summed E-state index contributed by atoms with van der Waals surface area (Å²) >= 11 is 6.54. The zero-order valence-electron chi connectivity index (χ0n) is 12.0. The van der Waals surface area contributed by atoms with Crippen molar-refractivity contribution in [2.24, 2.45) is 23.0 Å². The van der Waals surface area contributed by atoms with Gasteiger partial charge < -0.3 is 11.1 Å². The van der Waals surface area contributed by atoms with Crippen LogP contribution in [0.5, 0.6) is 0 Å². The van der Waals surface area contributed by atoms with Crippen LogP contribution in [0.3, 0.4) is 0 Å². The first-order chi connectivity index (χ1) is 9.39. The Bertz CT molecular complexity index is 455. The van der Waals surface area contributed by atoms with Gasteiger partial charge in [0, 0.05) is 11.0 Å². The van der Waals surface area contributed by atoms with E-state index in [1.54, 1.807) is 0 Å². The first kappa shape index (κ1) is 15.5. The lowest BCUT2D eigenvalue weighted by molar-refractivity contribution is -0.115. The number of carbonyl (C=O) groups excluding carboxylic acids is 1. The predicted octanol–water partition coefficient (Wildman–Crippen LogP) is 2.51. The Morgan fingerprint density at radius 2 is 2.30 bits per heavy atom. The van der Waals surface area contributed by atoms with Crippen molar-refractivity contribution in [2.75, 3.05) is 13.1 Å². The number of hydrogen-bond donors (Lipinski definition) is 2. The van der Waals surface area contributed by atoms with Gasteiger partial charge in [0.05, 0.1) is 5.38 Å². The molecule has 1 fully saturated rings. The van der Waals surface area contributed by atoms with Gasteiger partial charge in [-0.1, -0.05) is 13.8 Å². The molecule has 1 aliphatic heterocycles. The van der Waals surface area contributed by atoms with E-state index < -0.39 is 16.7 Å². The van der Waals surface area contributed by atoms with Crippen molar-refractivity contribution in [1.29, 1.82) is 0 Å². The summed E-state index contributed by atoms with van der Waals surface area (Å²) in [7, 11) is 0. The highest BCUT2D eigenvalue weighted by molar-refractivity contribution is 6.26. The lowest BCUT2D eigenvalue weighted by atomic mass is 9.63. The van der Waals surface area contributed by atoms with Crippen molar-refractivity contribution in [3.05, 3.63) is 23.6 Å². The van der Waals surface area contributed by atoms with Gasteiger partial charge in [0.2, 0.25) is 5.91 Å². The van der Waals surface area contributed by atoms with Crippen molar-refractivity contribution < 1.29 is 9.18 Å². The molecule has 0 saturated carbocycles. The molecule has 0 bridgehead atoms. The third-order valence-corrected chi connectivity index (χ3v) is 5.02. The van der Waals surface area contributed by atoms with Crippen LogP contribution in [0.4, 0.5) is 4.39 Å². The number of halogens is 2. The Kier molecular flexibility index (Phi) is 4.55. The summed E-state index contributed by atoms with van der Waals surface area (Å²) in [6.45, 7) is 5.67. The van der Waals surface area contributed by atoms with Crippen molar-refractivity contribution in [2.45, 2.75) is 32.1 Å². The molecule has 1 heterocycles. The average Bonchev–Trinajstić information content (AvgIpc) is 2.87. The van der Waals surface area contributed by atoms with E-state index in [2.05, 4.69) is 5.32 Å². The van der Waals surface area contributed by atoms with Crippen molar-refractivity contribution in [1.82, 2.24) is 5.32 Å². The summed E-state index contributed by atoms with van der Waals surface area (Å²) in [6.07, 6.45) is 4.28. The fraction of sp³-hybridized carbons (Fsp3) is 0.667. The molecule has 1 saturated heterocycles. The molecular weight excluding hydrogens is 279 g/mol. The number of hydrogen-bond acceptors (Lipinski definition) is 2. The van der Waals surface area contributed by atoms with E-state index in [-0.39, 0.29) is 17.7 Å². The first-order valence-electron chi connectivity index (χ1n) is 7.12. The van der Waals surface area contributed by atoms with Crippen molar-refractivity contribution >= 4 is 17.5 Å². The number of nitrogens with two attached hydrogens (primary N) is 1. The van der Waals surface area contributed by atoms with Gasteiger partial charge in [0.25, 0.3) is 0 Å². The molecule has 20 heavy (non-hydrogen) atoms. The minimum Gasteiger partial charge on any atom is -0.366 e. The number of amides is 1. The van der Waals surface area contributed by atoms with Gasteiger partial charge in [-0.05, 0) is 49.9 Å². The Labute approximate surface area is 124 Å². The molecule has 0 aromatic heterocycles. The molecule has 2 rings (SSSR count). The Morgan fingerprint density at radius 3 is 2.80 bits per heavy atom. The molecule has 3 unspecified atom stereocenters. The molecule has 0 radical (unpaired) electrons. The van der Waals surface area contributed by atoms with Crippen LogP contribution in [-0.2, 0) is 4.79 Å². The van der Waals surface area contributed by atoms with Crippen LogP contribution in [0.25, 0.3) is 0 Å². The van der Waals surface area contributed by atoms with E-state index in [9.17, 15) is 9.18 Å². The second-order valence-electron chi connectivity index (χ2n) is 6.19. The molecule has 2 aliphatic rings. The van der Waals surface area contributed by atoms with E-state index in [4.69, 9.17) is 17.3 Å². The highest BCUT2D eigenvalue weighted by Crippen LogP contribution is 2.53. The number of primary amides is 1. The number of allylic oxidation sites excluding steroid dienone is 3. The van der Waals surface area contributed by atoms with Crippen LogP contribution < -0.4 is 11.1 Å². The molecule has 1 aliphatic carbocycles. The van der Waals surface area contributed by atoms with E-state index in [1.807, 2.05) is 13.8 Å². The van der Waals surface area contributed by atoms with E-state index in [0.29, 0.717) is 12.0 Å². The summed E-state index contributed by atoms with van der Waals surface area (Å²) in [5, 5.41) is 2.57. The minimum absolute atomic E-state index is 0.0895. The lowest BCUT2D eigenvalue weighted by Gasteiger charge is -2.44. The van der Waals surface area contributed by atoms with Gasteiger partial charge in [-0.15, -0.1) is 11.6 Å². The summed E-state index contributed by atoms with van der Waals surface area (Å²) in [6, 6.07) is 0. The highest BCUT2D eigenvalue weighted by atomic mass is 35.5. The van der Waals surface area contributed by atoms with Gasteiger partial charge in [0.1, 0.15) is 5.83 Å². The quantitative estimate of drug-likeness (QED) is 0.784. The molecule has 5 heteroatoms. The Balaban J connectivity index is 2.46. The molecule has 112 valence electrons. The Hall–Kier alpha value is -0.870. The lowest BCUT2D eigenvalue weighted by Crippen LogP contribution is -2.46. The van der Waals surface area contributed by atoms with Gasteiger partial charge >= 0.3 is 0 Å². The van der Waals surface area contributed by atoms with Crippen LogP contribution in [0.2, 0.25) is 0 Å². The standard InChI is InChI=1S/C15H22ClFN2O/c1-9(2)7-15(10-5-6-19-8-10)12(17)4-3-11(13(15)16)14(18)20/h3-4,9-10,13,19H,5-8H2,1-2H3,(H2,18,20). The van der Waals surface area contributed by atoms with Gasteiger partial charge in [-0.2, -0.15) is 0 Å². The monoisotopic (exact) mass is 300 g/mol. The third kappa shape index (κ3) is 2.51. The van der Waals surface area contributed by atoms with Gasteiger partial charge in [0.15, 0.2) is 0 Å². The number of carbonyl (C=O) groups is 1. The highest BCUT2D eigenvalue weighted by Gasteiger charge is 2.52. The minimum atomic E-state index is -0.821. The molecule has 0 spiro atoms. The largest absolute Gasteiger partial charge is 0.366 e. The smallest absolute Gasteiger partial charge is 0.246 e. The summed E-state index contributed by atoms with van der Waals surface area (Å²) in [5.74, 6) is -0.410. The zero-order valence-corrected chi connectivity index (χ0v) is 12.7. The number of nitrogens with one attached hydrogen (secondary N) is 1. The Morgan fingerprint density at radius 1 is 1.60 bits per heavy atom. The fourth-order valence-corrected chi connectivity index (χ4v) is 4.10. The molecule has 0 aromatic carbocycles. The first-order valence-corrected chi connectivity index (χ1v) is 7.55. The second-order valence-corrected chi connectivity index (χ2v) is 6.63. The molecular formula is C15H22ClFN2O. The van der Waals surface area contributed by atoms with Crippen molar-refractivity contribution in [3.8, 4) is 0 Å². The average molecular weight is 301 g/mol. The van der Waals surface area contributed by atoms with Crippen molar-refractivity contribution in [3.63, 3.8) is 0 Å². The normalized spacial score (nSPS) is 34.0. The van der Waals surface area contributed by atoms with Crippen LogP contribution in [0, 0.1) is 17.3 Å². The number of rotatable bonds is 4. The summed E-state index contributed by atoms with van der Waals surface area (Å²) in [4.78, 5) is 11.6. The second kappa shape index (κ2) is 5.86. The predicted molar refractivity (Wildman–Crippen MR) is 79.0 cm³/mol. The molecule has 3 N–H and O–H groups in total. The topological polar surface area (TPSA) is 55.1 Å². The van der Waals surface area contributed by atoms with E-state index in [1.165, 1.54) is 12.2 Å². The molecule has 1 amide bonds. The maximum atomic E-state index is 14.8. The van der Waals surface area contributed by atoms with Crippen LogP contribution in [-0.4, -0.2) is 24.4 Å². The maximum Gasteiger partial charge on any atom is 0.246 e. The molecule has 3 nitrogen and oxygen atoms in total. The van der Waals surface area contributed by atoms with Crippen LogP contribution in [0.1, 0.15) is 26.7 Å². The number of alkyl halides is 1. The van der Waals surface area contributed by atoms with E-state index >= 15 is 0 Å². The molecule has 0 aromatic rings. The van der Waals surface area contributed by atoms with Gasteiger partial charge in [-0.3, -0.25) is 4.79 Å². The summed E-state index contributed by atoms with van der Waals surface area (Å²) < 4.78 is 14.8. The zero-order chi connectivity index (χ0) is 14.9. The van der Waals surface area contributed by atoms with Crippen LogP contribution >= 0.6 is 11.6 Å². The third-order valence-electron chi connectivity index (χ3n) is 4.40.